The summed E-state index contributed by atoms with van der Waals surface area (Å²) < 4.78 is 26.1. The maximum Gasteiger partial charge on any atom is 0.296 e. The molecule has 0 saturated carbocycles. The quantitative estimate of drug-likeness (QED) is 0.199. The van der Waals surface area contributed by atoms with Crippen molar-refractivity contribution in [2.45, 2.75) is 80.9 Å². The number of aryl methyl sites for hydroxylation is 2. The van der Waals surface area contributed by atoms with Gasteiger partial charge in [-0.1, -0.05) is 33.8 Å². The van der Waals surface area contributed by atoms with E-state index in [1.807, 2.05) is 40.7 Å². The molecule has 4 rings (SSSR count). The van der Waals surface area contributed by atoms with Gasteiger partial charge in [0.1, 0.15) is 0 Å². The topological polar surface area (TPSA) is 141 Å². The molecule has 1 amide bonds. The molecule has 1 atom stereocenters. The van der Waals surface area contributed by atoms with Gasteiger partial charge in [-0.2, -0.15) is 20.2 Å². The first-order valence-electron chi connectivity index (χ1n) is 14.3. The molecule has 0 aliphatic carbocycles. The predicted molar refractivity (Wildman–Crippen MR) is 185 cm³/mol. The van der Waals surface area contributed by atoms with Gasteiger partial charge in [0.15, 0.2) is 0 Å². The second-order valence-corrected chi connectivity index (χ2v) is 14.4. The van der Waals surface area contributed by atoms with E-state index in [2.05, 4.69) is 59.1 Å². The Morgan fingerprint density at radius 2 is 1.79 bits per heavy atom. The van der Waals surface area contributed by atoms with Crippen molar-refractivity contribution >= 4 is 68.3 Å². The maximum absolute atomic E-state index is 12.8. The minimum absolute atomic E-state index is 0. The maximum atomic E-state index is 12.8. The van der Waals surface area contributed by atoms with Crippen LogP contribution in [0.5, 0.6) is 0 Å². The highest BCUT2D eigenvalue weighted by atomic mass is 35.5. The summed E-state index contributed by atoms with van der Waals surface area (Å²) in [5, 5.41) is 18.5. The molecule has 43 heavy (non-hydrogen) atoms. The molecular weight excluding hydrogens is 606 g/mol. The van der Waals surface area contributed by atoms with Crippen LogP contribution in [0.4, 0.5) is 17.1 Å². The summed E-state index contributed by atoms with van der Waals surface area (Å²) in [5.41, 5.74) is 8.67. The third-order valence-electron chi connectivity index (χ3n) is 7.57. The van der Waals surface area contributed by atoms with Gasteiger partial charge in [0.25, 0.3) is 10.2 Å². The van der Waals surface area contributed by atoms with Gasteiger partial charge in [0, 0.05) is 40.4 Å². The van der Waals surface area contributed by atoms with Crippen molar-refractivity contribution in [2.75, 3.05) is 33.5 Å². The lowest BCUT2D eigenvalue weighted by molar-refractivity contribution is -0.123. The Morgan fingerprint density at radius 1 is 1.14 bits per heavy atom. The van der Waals surface area contributed by atoms with Crippen LogP contribution < -0.4 is 20.1 Å². The Labute approximate surface area is 267 Å². The number of benzene rings is 2. The summed E-state index contributed by atoms with van der Waals surface area (Å²) in [6.07, 6.45) is 3.87. The van der Waals surface area contributed by atoms with E-state index >= 15 is 0 Å². The number of fused-ring (bicyclic) bond motifs is 2. The van der Waals surface area contributed by atoms with Crippen LogP contribution in [0.25, 0.3) is 10.9 Å². The number of aromatic nitrogens is 1. The second-order valence-electron chi connectivity index (χ2n) is 12.2. The molecule has 0 saturated heterocycles. The summed E-state index contributed by atoms with van der Waals surface area (Å²) >= 11 is 1.79. The normalized spacial score (nSPS) is 14.6. The number of anilines is 3. The zero-order chi connectivity index (χ0) is 31.6. The van der Waals surface area contributed by atoms with Crippen molar-refractivity contribution in [3.05, 3.63) is 51.7 Å². The Hall–Kier alpha value is -2.44. The number of H-pyrrole nitrogens is 1. The molecule has 1 aliphatic rings. The third-order valence-corrected chi connectivity index (χ3v) is 8.78. The molecule has 0 spiro atoms. The van der Waals surface area contributed by atoms with Gasteiger partial charge < -0.3 is 20.3 Å². The van der Waals surface area contributed by atoms with Gasteiger partial charge in [-0.25, -0.2) is 5.14 Å². The predicted octanol–water partition coefficient (Wildman–Crippen LogP) is 6.11. The fourth-order valence-corrected chi connectivity index (χ4v) is 6.80. The highest BCUT2D eigenvalue weighted by Crippen LogP contribution is 2.47. The average Bonchev–Trinajstić information content (AvgIpc) is 3.46. The number of halogens is 1. The first-order valence-corrected chi connectivity index (χ1v) is 17.2. The summed E-state index contributed by atoms with van der Waals surface area (Å²) in [4.78, 5) is 18.4. The van der Waals surface area contributed by atoms with Gasteiger partial charge in [-0.15, -0.1) is 12.4 Å². The molecular formula is C31H48ClN5O4S2. The number of nitrogens with two attached hydrogens (primary N) is 1. The van der Waals surface area contributed by atoms with E-state index in [9.17, 15) is 13.2 Å². The van der Waals surface area contributed by atoms with Crippen LogP contribution in [-0.2, 0) is 28.0 Å². The van der Waals surface area contributed by atoms with E-state index in [-0.39, 0.29) is 24.9 Å². The van der Waals surface area contributed by atoms with Crippen LogP contribution in [0.1, 0.15) is 67.6 Å². The van der Waals surface area contributed by atoms with E-state index in [1.54, 1.807) is 11.8 Å². The Kier molecular flexibility index (Phi) is 12.4. The minimum Gasteiger partial charge on any atom is -0.390 e. The number of rotatable bonds is 8. The highest BCUT2D eigenvalue weighted by molar-refractivity contribution is 7.98. The number of nitrogens with one attached hydrogen (secondary N) is 3. The SMILES string of the molecule is CCCN1c2c(c(C)c(NS(N)(=O)=O)c(C)c2NC(=O)C(C)(C)C)CC1CSC.Cc1cc(C)c2cc(CO)[nH]c2c1.Cl. The second kappa shape index (κ2) is 14.6. The van der Waals surface area contributed by atoms with Crippen LogP contribution in [0.2, 0.25) is 0 Å². The number of hydrogen-bond donors (Lipinski definition) is 5. The fourth-order valence-electron chi connectivity index (χ4n) is 5.53. The first-order chi connectivity index (χ1) is 19.5. The van der Waals surface area contributed by atoms with E-state index in [4.69, 9.17) is 10.2 Å². The Morgan fingerprint density at radius 3 is 2.33 bits per heavy atom. The number of aromatic amines is 1. The van der Waals surface area contributed by atoms with Crippen molar-refractivity contribution in [3.63, 3.8) is 0 Å². The van der Waals surface area contributed by atoms with E-state index < -0.39 is 15.6 Å². The van der Waals surface area contributed by atoms with Gasteiger partial charge in [0.05, 0.1) is 23.7 Å². The lowest BCUT2D eigenvalue weighted by Crippen LogP contribution is -2.35. The van der Waals surface area contributed by atoms with E-state index in [0.717, 1.165) is 53.2 Å². The minimum atomic E-state index is -3.94. The summed E-state index contributed by atoms with van der Waals surface area (Å²) in [5.74, 6) is 0.843. The number of aliphatic hydroxyl groups excluding tert-OH is 1. The number of carbonyl (C=O) groups excluding carboxylic acids is 1. The fraction of sp³-hybridized carbons (Fsp3) is 0.516. The number of aliphatic hydroxyl groups is 1. The molecule has 0 radical (unpaired) electrons. The van der Waals surface area contributed by atoms with Gasteiger partial charge >= 0.3 is 0 Å². The lowest BCUT2D eigenvalue weighted by Gasteiger charge is -2.31. The molecule has 9 nitrogen and oxygen atoms in total. The third kappa shape index (κ3) is 8.60. The van der Waals surface area contributed by atoms with Crippen LogP contribution in [0.15, 0.2) is 18.2 Å². The zero-order valence-electron chi connectivity index (χ0n) is 26.8. The number of hydrogen-bond acceptors (Lipinski definition) is 6. The Balaban J connectivity index is 0.000000383. The number of amides is 1. The largest absolute Gasteiger partial charge is 0.390 e. The molecule has 1 aromatic heterocycles. The smallest absolute Gasteiger partial charge is 0.296 e. The van der Waals surface area contributed by atoms with Gasteiger partial charge in [-0.3, -0.25) is 9.52 Å². The lowest BCUT2D eigenvalue weighted by atomic mass is 9.93. The molecule has 1 unspecified atom stereocenters. The standard InChI is InChI=1S/C20H34N4O3S2.C11H13NO.ClH/c1-8-9-24-14(11-28-7)10-15-12(2)16(23-29(21,26)27)13(3)17(18(15)24)22-19(25)20(4,5)6;1-7-3-8(2)10-5-9(6-13)12-11(10)4-7;/h14,23H,8-11H2,1-7H3,(H,22,25)(H2,21,26,27);3-5,12-13H,6H2,1-2H3;1H. The molecule has 2 aromatic carbocycles. The summed E-state index contributed by atoms with van der Waals surface area (Å²) in [6.45, 7) is 16.6. The zero-order valence-corrected chi connectivity index (χ0v) is 29.2. The monoisotopic (exact) mass is 653 g/mol. The number of carbonyl (C=O) groups is 1. The van der Waals surface area contributed by atoms with Crippen molar-refractivity contribution < 1.29 is 18.3 Å². The van der Waals surface area contributed by atoms with Gasteiger partial charge in [-0.05, 0) is 86.7 Å². The molecule has 3 aromatic rings. The van der Waals surface area contributed by atoms with E-state index in [0.29, 0.717) is 23.0 Å². The molecule has 2 heterocycles. The molecule has 0 bridgehead atoms. The first kappa shape index (κ1) is 36.8. The van der Waals surface area contributed by atoms with Crippen molar-refractivity contribution in [3.8, 4) is 0 Å². The van der Waals surface area contributed by atoms with Crippen LogP contribution in [-0.4, -0.2) is 49.0 Å². The summed E-state index contributed by atoms with van der Waals surface area (Å²) in [7, 11) is -3.94. The highest BCUT2D eigenvalue weighted by Gasteiger charge is 2.36. The molecule has 0 fully saturated rings. The number of nitrogens with zero attached hydrogens (tertiary/aromatic N) is 1. The molecule has 240 valence electrons. The van der Waals surface area contributed by atoms with Crippen molar-refractivity contribution in [2.24, 2.45) is 10.6 Å². The van der Waals surface area contributed by atoms with Crippen LogP contribution >= 0.6 is 24.2 Å². The Bertz CT molecular complexity index is 1560. The van der Waals surface area contributed by atoms with Gasteiger partial charge in [0.2, 0.25) is 5.91 Å². The van der Waals surface area contributed by atoms with E-state index in [1.165, 1.54) is 16.5 Å². The number of thioether (sulfide) groups is 1. The molecule has 6 N–H and O–H groups in total. The summed E-state index contributed by atoms with van der Waals surface area (Å²) in [6, 6.07) is 6.55. The van der Waals surface area contributed by atoms with Crippen LogP contribution in [0.3, 0.4) is 0 Å². The van der Waals surface area contributed by atoms with Crippen molar-refractivity contribution in [1.29, 1.82) is 0 Å². The van der Waals surface area contributed by atoms with Crippen molar-refractivity contribution in [1.82, 2.24) is 4.98 Å². The molecule has 1 aliphatic heterocycles. The van der Waals surface area contributed by atoms with Crippen LogP contribution in [0, 0.1) is 33.1 Å². The average molecular weight is 654 g/mol. The molecule has 12 heteroatoms.